The number of carbonyl (C=O) groups is 1. The Balaban J connectivity index is 1.31. The summed E-state index contributed by atoms with van der Waals surface area (Å²) < 4.78 is 15.2. The van der Waals surface area contributed by atoms with Gasteiger partial charge in [-0.15, -0.1) is 0 Å². The Hall–Kier alpha value is -2.88. The van der Waals surface area contributed by atoms with Crippen molar-refractivity contribution in [2.75, 3.05) is 42.5 Å². The molecule has 1 amide bonds. The minimum absolute atomic E-state index is 0.117. The Morgan fingerprint density at radius 1 is 1.09 bits per heavy atom. The van der Waals surface area contributed by atoms with Crippen LogP contribution in [-0.4, -0.2) is 60.8 Å². The predicted molar refractivity (Wildman–Crippen MR) is 128 cm³/mol. The lowest BCUT2D eigenvalue weighted by Gasteiger charge is -2.30. The van der Waals surface area contributed by atoms with E-state index in [-0.39, 0.29) is 11.7 Å². The number of benzene rings is 2. The molecule has 0 radical (unpaired) electrons. The Bertz CT molecular complexity index is 1110. The standard InChI is InChI=1S/C27H30FN3O2/c1-19(32)4-5-20-6-8-24-21(16-20)10-15-31(27(24)33)22-7-9-26(25(28)17-22)30-14-11-23(18-30)29-12-2-3-13-29/h6-9,16-17,19,23,32H,2-3,10-15,18H2,1H3/t19-,23+/m0/s1. The van der Waals surface area contributed by atoms with Gasteiger partial charge in [0, 0.05) is 42.5 Å². The first-order valence-electron chi connectivity index (χ1n) is 11.9. The Morgan fingerprint density at radius 3 is 2.67 bits per heavy atom. The maximum atomic E-state index is 15.2. The molecular formula is C27H30FN3O2. The molecule has 0 bridgehead atoms. The van der Waals surface area contributed by atoms with Gasteiger partial charge in [-0.2, -0.15) is 0 Å². The molecule has 0 unspecified atom stereocenters. The lowest BCUT2D eigenvalue weighted by atomic mass is 9.96. The first kappa shape index (κ1) is 21.9. The zero-order valence-electron chi connectivity index (χ0n) is 19.1. The summed E-state index contributed by atoms with van der Waals surface area (Å²) in [6, 6.07) is 11.2. The second-order valence-electron chi connectivity index (χ2n) is 9.29. The highest BCUT2D eigenvalue weighted by Crippen LogP contribution is 2.32. The molecule has 2 fully saturated rings. The summed E-state index contributed by atoms with van der Waals surface area (Å²) in [5, 5.41) is 9.36. The molecule has 3 aliphatic rings. The van der Waals surface area contributed by atoms with Gasteiger partial charge in [-0.05, 0) is 87.7 Å². The first-order valence-corrected chi connectivity index (χ1v) is 11.9. The van der Waals surface area contributed by atoms with Crippen molar-refractivity contribution in [2.45, 2.75) is 44.8 Å². The topological polar surface area (TPSA) is 47.0 Å². The van der Waals surface area contributed by atoms with E-state index in [0.717, 1.165) is 43.7 Å². The van der Waals surface area contributed by atoms with Crippen LogP contribution in [0.5, 0.6) is 0 Å². The minimum Gasteiger partial charge on any atom is -0.381 e. The zero-order chi connectivity index (χ0) is 22.9. The van der Waals surface area contributed by atoms with Crippen LogP contribution in [0.1, 0.15) is 47.7 Å². The monoisotopic (exact) mass is 447 g/mol. The van der Waals surface area contributed by atoms with Crippen molar-refractivity contribution in [3.05, 3.63) is 58.9 Å². The molecule has 2 aromatic rings. The average molecular weight is 448 g/mol. The largest absolute Gasteiger partial charge is 0.381 e. The van der Waals surface area contributed by atoms with E-state index in [1.165, 1.54) is 18.9 Å². The van der Waals surface area contributed by atoms with Crippen LogP contribution in [0, 0.1) is 17.7 Å². The Morgan fingerprint density at radius 2 is 1.91 bits per heavy atom. The van der Waals surface area contributed by atoms with E-state index in [1.54, 1.807) is 24.0 Å². The van der Waals surface area contributed by atoms with Crippen LogP contribution in [0.25, 0.3) is 0 Å². The van der Waals surface area contributed by atoms with E-state index in [4.69, 9.17) is 0 Å². The van der Waals surface area contributed by atoms with E-state index in [0.29, 0.717) is 35.9 Å². The summed E-state index contributed by atoms with van der Waals surface area (Å²) in [6.45, 7) is 6.17. The number of hydrogen-bond acceptors (Lipinski definition) is 4. The van der Waals surface area contributed by atoms with Gasteiger partial charge < -0.3 is 14.9 Å². The summed E-state index contributed by atoms with van der Waals surface area (Å²) in [7, 11) is 0. The van der Waals surface area contributed by atoms with Gasteiger partial charge in [0.1, 0.15) is 11.9 Å². The normalized spacial score (nSPS) is 21.7. The van der Waals surface area contributed by atoms with Crippen LogP contribution >= 0.6 is 0 Å². The third-order valence-corrected chi connectivity index (χ3v) is 7.01. The molecule has 6 heteroatoms. The van der Waals surface area contributed by atoms with Gasteiger partial charge in [0.15, 0.2) is 0 Å². The number of fused-ring (bicyclic) bond motifs is 1. The van der Waals surface area contributed by atoms with Gasteiger partial charge in [0.2, 0.25) is 0 Å². The summed E-state index contributed by atoms with van der Waals surface area (Å²) in [5.41, 5.74) is 3.58. The summed E-state index contributed by atoms with van der Waals surface area (Å²) in [6.07, 6.45) is 3.60. The lowest BCUT2D eigenvalue weighted by Crippen LogP contribution is -2.38. The number of nitrogens with zero attached hydrogens (tertiary/aromatic N) is 3. The summed E-state index contributed by atoms with van der Waals surface area (Å²) in [4.78, 5) is 19.5. The number of likely N-dealkylation sites (tertiary alicyclic amines) is 1. The molecular weight excluding hydrogens is 417 g/mol. The van der Waals surface area contributed by atoms with Crippen molar-refractivity contribution >= 4 is 17.3 Å². The van der Waals surface area contributed by atoms with E-state index >= 15 is 4.39 Å². The fourth-order valence-corrected chi connectivity index (χ4v) is 5.29. The second kappa shape index (κ2) is 9.17. The summed E-state index contributed by atoms with van der Waals surface area (Å²) >= 11 is 0. The highest BCUT2D eigenvalue weighted by Gasteiger charge is 2.31. The Labute approximate surface area is 194 Å². The van der Waals surface area contributed by atoms with Crippen LogP contribution in [0.2, 0.25) is 0 Å². The van der Waals surface area contributed by atoms with E-state index in [1.807, 2.05) is 18.2 Å². The maximum Gasteiger partial charge on any atom is 0.258 e. The minimum atomic E-state index is -0.692. The molecule has 0 saturated carbocycles. The van der Waals surface area contributed by atoms with Crippen molar-refractivity contribution in [1.82, 2.24) is 4.90 Å². The van der Waals surface area contributed by atoms with Crippen molar-refractivity contribution < 1.29 is 14.3 Å². The number of carbonyl (C=O) groups excluding carboxylic acids is 1. The molecule has 0 spiro atoms. The molecule has 33 heavy (non-hydrogen) atoms. The van der Waals surface area contributed by atoms with Crippen LogP contribution in [0.15, 0.2) is 36.4 Å². The van der Waals surface area contributed by atoms with Gasteiger partial charge in [0.05, 0.1) is 5.69 Å². The van der Waals surface area contributed by atoms with Gasteiger partial charge in [-0.3, -0.25) is 9.69 Å². The molecule has 0 aromatic heterocycles. The predicted octanol–water partition coefficient (Wildman–Crippen LogP) is 3.44. The van der Waals surface area contributed by atoms with Gasteiger partial charge >= 0.3 is 0 Å². The van der Waals surface area contributed by atoms with Crippen LogP contribution < -0.4 is 9.80 Å². The molecule has 5 rings (SSSR count). The third-order valence-electron chi connectivity index (χ3n) is 7.01. The smallest absolute Gasteiger partial charge is 0.258 e. The molecule has 5 nitrogen and oxygen atoms in total. The fraction of sp³-hybridized carbons (Fsp3) is 0.444. The highest BCUT2D eigenvalue weighted by atomic mass is 19.1. The zero-order valence-corrected chi connectivity index (χ0v) is 19.1. The number of aliphatic hydroxyl groups excluding tert-OH is 1. The number of halogens is 1. The summed E-state index contributed by atoms with van der Waals surface area (Å²) in [5.74, 6) is 5.28. The molecule has 3 aliphatic heterocycles. The van der Waals surface area contributed by atoms with Crippen molar-refractivity contribution in [3.63, 3.8) is 0 Å². The lowest BCUT2D eigenvalue weighted by molar-refractivity contribution is 0.0980. The number of aliphatic hydroxyl groups is 1. The number of hydrogen-bond donors (Lipinski definition) is 1. The number of rotatable bonds is 3. The third kappa shape index (κ3) is 4.48. The number of amides is 1. The molecule has 1 N–H and O–H groups in total. The van der Waals surface area contributed by atoms with Gasteiger partial charge in [-0.25, -0.2) is 4.39 Å². The van der Waals surface area contributed by atoms with E-state index in [2.05, 4.69) is 21.6 Å². The SMILES string of the molecule is C[C@H](O)C#Cc1ccc2c(c1)CCN(c1ccc(N3CC[C@@H](N4CCCC4)C3)c(F)c1)C2=O. The van der Waals surface area contributed by atoms with E-state index in [9.17, 15) is 9.90 Å². The molecule has 3 heterocycles. The van der Waals surface area contributed by atoms with Crippen molar-refractivity contribution in [1.29, 1.82) is 0 Å². The highest BCUT2D eigenvalue weighted by molar-refractivity contribution is 6.08. The first-order chi connectivity index (χ1) is 16.0. The molecule has 2 aromatic carbocycles. The maximum absolute atomic E-state index is 15.2. The molecule has 172 valence electrons. The van der Waals surface area contributed by atoms with Crippen molar-refractivity contribution in [2.24, 2.45) is 0 Å². The van der Waals surface area contributed by atoms with Crippen LogP contribution in [-0.2, 0) is 6.42 Å². The Kier molecular flexibility index (Phi) is 6.09. The fourth-order valence-electron chi connectivity index (χ4n) is 5.29. The van der Waals surface area contributed by atoms with Crippen molar-refractivity contribution in [3.8, 4) is 11.8 Å². The quantitative estimate of drug-likeness (QED) is 0.733. The molecule has 2 atom stereocenters. The van der Waals surface area contributed by atoms with Crippen LogP contribution in [0.3, 0.4) is 0 Å². The van der Waals surface area contributed by atoms with Gasteiger partial charge in [0.25, 0.3) is 5.91 Å². The molecule has 2 saturated heterocycles. The second-order valence-corrected chi connectivity index (χ2v) is 9.29. The van der Waals surface area contributed by atoms with Gasteiger partial charge in [-0.1, -0.05) is 11.8 Å². The van der Waals surface area contributed by atoms with E-state index < -0.39 is 6.10 Å². The van der Waals surface area contributed by atoms with Crippen LogP contribution in [0.4, 0.5) is 15.8 Å². The molecule has 0 aliphatic carbocycles. The number of anilines is 2. The average Bonchev–Trinajstić information content (AvgIpc) is 3.50.